The van der Waals surface area contributed by atoms with Crippen molar-refractivity contribution in [2.24, 2.45) is 5.73 Å². The van der Waals surface area contributed by atoms with Crippen molar-refractivity contribution in [3.05, 3.63) is 59.0 Å². The summed E-state index contributed by atoms with van der Waals surface area (Å²) in [4.78, 5) is 15.1. The van der Waals surface area contributed by atoms with E-state index in [9.17, 15) is 9.18 Å². The molecule has 0 aliphatic carbocycles. The lowest BCUT2D eigenvalue weighted by atomic mass is 10.1. The average Bonchev–Trinajstić information content (AvgIpc) is 2.49. The number of carbonyl (C=O) groups excluding carboxylic acids is 1. The second-order valence-corrected chi connectivity index (χ2v) is 4.48. The van der Waals surface area contributed by atoms with Crippen molar-refractivity contribution in [2.45, 2.75) is 13.1 Å². The van der Waals surface area contributed by atoms with Gasteiger partial charge in [0.15, 0.2) is 0 Å². The van der Waals surface area contributed by atoms with Crippen LogP contribution in [-0.4, -0.2) is 18.0 Å². The molecule has 0 unspecified atom stereocenters. The average molecular weight is 289 g/mol. The topological polar surface area (TPSA) is 77.2 Å². The summed E-state index contributed by atoms with van der Waals surface area (Å²) in [5.74, 6) is -0.425. The van der Waals surface area contributed by atoms with E-state index >= 15 is 0 Å². The van der Waals surface area contributed by atoms with E-state index < -0.39 is 5.91 Å². The maximum absolute atomic E-state index is 13.7. The first kappa shape index (κ1) is 14.9. The van der Waals surface area contributed by atoms with Gasteiger partial charge in [-0.25, -0.2) is 9.37 Å². The highest BCUT2D eigenvalue weighted by atomic mass is 19.1. The third kappa shape index (κ3) is 4.00. The third-order valence-corrected chi connectivity index (χ3v) is 2.98. The molecule has 0 bridgehead atoms. The van der Waals surface area contributed by atoms with Crippen molar-refractivity contribution in [1.82, 2.24) is 10.3 Å². The highest BCUT2D eigenvalue weighted by Crippen LogP contribution is 2.12. The van der Waals surface area contributed by atoms with Crippen LogP contribution in [0.3, 0.4) is 0 Å². The second kappa shape index (κ2) is 6.81. The second-order valence-electron chi connectivity index (χ2n) is 4.48. The fourth-order valence-electron chi connectivity index (χ4n) is 1.88. The van der Waals surface area contributed by atoms with Crippen LogP contribution in [0.5, 0.6) is 5.88 Å². The smallest absolute Gasteiger partial charge is 0.248 e. The van der Waals surface area contributed by atoms with Gasteiger partial charge in [0.1, 0.15) is 5.82 Å². The molecular weight excluding hydrogens is 273 g/mol. The molecule has 5 nitrogen and oxygen atoms in total. The first-order valence-electron chi connectivity index (χ1n) is 6.38. The van der Waals surface area contributed by atoms with E-state index in [-0.39, 0.29) is 12.4 Å². The van der Waals surface area contributed by atoms with Gasteiger partial charge in [-0.15, -0.1) is 0 Å². The Morgan fingerprint density at radius 3 is 2.86 bits per heavy atom. The molecule has 0 saturated heterocycles. The first-order valence-corrected chi connectivity index (χ1v) is 6.38. The lowest BCUT2D eigenvalue weighted by Gasteiger charge is -2.08. The monoisotopic (exact) mass is 289 g/mol. The number of ether oxygens (including phenoxy) is 1. The molecule has 2 aromatic rings. The molecule has 1 amide bonds. The molecular formula is C15H16FN3O2. The number of rotatable bonds is 6. The number of nitrogens with two attached hydrogens (primary N) is 1. The lowest BCUT2D eigenvalue weighted by molar-refractivity contribution is 0.1000. The van der Waals surface area contributed by atoms with Crippen molar-refractivity contribution in [3.8, 4) is 5.88 Å². The number of nitrogens with one attached hydrogen (secondary N) is 1. The molecule has 2 rings (SSSR count). The number of amides is 1. The number of benzene rings is 1. The summed E-state index contributed by atoms with van der Waals surface area (Å²) in [5.41, 5.74) is 6.83. The minimum absolute atomic E-state index is 0.289. The largest absolute Gasteiger partial charge is 0.481 e. The van der Waals surface area contributed by atoms with E-state index in [1.54, 1.807) is 19.4 Å². The van der Waals surface area contributed by atoms with E-state index in [1.807, 2.05) is 6.07 Å². The highest BCUT2D eigenvalue weighted by Gasteiger charge is 2.07. The summed E-state index contributed by atoms with van der Waals surface area (Å²) >= 11 is 0. The normalized spacial score (nSPS) is 10.4. The van der Waals surface area contributed by atoms with Crippen molar-refractivity contribution in [1.29, 1.82) is 0 Å². The molecule has 110 valence electrons. The van der Waals surface area contributed by atoms with Gasteiger partial charge in [-0.1, -0.05) is 0 Å². The Bertz CT molecular complexity index is 647. The number of hydrogen-bond donors (Lipinski definition) is 2. The number of halogens is 1. The standard InChI is InChI=1S/C15H16FN3O2/c1-21-14-6-10(4-5-19-14)8-18-9-12-7-11(15(17)20)2-3-13(12)16/h2-7,18H,8-9H2,1H3,(H2,17,20). The Morgan fingerprint density at radius 1 is 1.33 bits per heavy atom. The van der Waals surface area contributed by atoms with Gasteiger partial charge in [-0.3, -0.25) is 4.79 Å². The predicted molar refractivity (Wildman–Crippen MR) is 76.3 cm³/mol. The number of methoxy groups -OCH3 is 1. The molecule has 3 N–H and O–H groups in total. The first-order chi connectivity index (χ1) is 10.1. The molecule has 0 aliphatic rings. The van der Waals surface area contributed by atoms with Gasteiger partial charge in [0, 0.05) is 36.5 Å². The SMILES string of the molecule is COc1cc(CNCc2cc(C(N)=O)ccc2F)ccn1. The van der Waals surface area contributed by atoms with Crippen LogP contribution >= 0.6 is 0 Å². The molecule has 0 atom stereocenters. The number of nitrogens with zero attached hydrogens (tertiary/aromatic N) is 1. The quantitative estimate of drug-likeness (QED) is 0.847. The van der Waals surface area contributed by atoms with Gasteiger partial charge < -0.3 is 15.8 Å². The van der Waals surface area contributed by atoms with Gasteiger partial charge in [-0.05, 0) is 29.8 Å². The van der Waals surface area contributed by atoms with Crippen LogP contribution in [0.25, 0.3) is 0 Å². The Hall–Kier alpha value is -2.47. The van der Waals surface area contributed by atoms with Crippen LogP contribution in [-0.2, 0) is 13.1 Å². The number of primary amides is 1. The van der Waals surface area contributed by atoms with Crippen molar-refractivity contribution < 1.29 is 13.9 Å². The molecule has 1 heterocycles. The summed E-state index contributed by atoms with van der Waals surface area (Å²) in [6.45, 7) is 0.816. The lowest BCUT2D eigenvalue weighted by Crippen LogP contribution is -2.16. The zero-order valence-corrected chi connectivity index (χ0v) is 11.6. The van der Waals surface area contributed by atoms with Gasteiger partial charge in [0.2, 0.25) is 11.8 Å². The minimum Gasteiger partial charge on any atom is -0.481 e. The fourth-order valence-corrected chi connectivity index (χ4v) is 1.88. The maximum Gasteiger partial charge on any atom is 0.248 e. The molecule has 0 fully saturated rings. The minimum atomic E-state index is -0.574. The molecule has 0 spiro atoms. The molecule has 1 aromatic heterocycles. The van der Waals surface area contributed by atoms with Crippen LogP contribution in [0.1, 0.15) is 21.5 Å². The molecule has 0 saturated carbocycles. The predicted octanol–water partition coefficient (Wildman–Crippen LogP) is 1.62. The van der Waals surface area contributed by atoms with Crippen LogP contribution in [0, 0.1) is 5.82 Å². The summed E-state index contributed by atoms with van der Waals surface area (Å²) < 4.78 is 18.7. The maximum atomic E-state index is 13.7. The summed E-state index contributed by atoms with van der Waals surface area (Å²) in [5, 5.41) is 3.10. The molecule has 1 aromatic carbocycles. The van der Waals surface area contributed by atoms with Crippen LogP contribution in [0.2, 0.25) is 0 Å². The van der Waals surface area contributed by atoms with E-state index in [1.165, 1.54) is 18.2 Å². The summed E-state index contributed by atoms with van der Waals surface area (Å²) in [6, 6.07) is 7.70. The van der Waals surface area contributed by atoms with E-state index in [2.05, 4.69) is 10.3 Å². The summed E-state index contributed by atoms with van der Waals surface area (Å²) in [6.07, 6.45) is 1.64. The number of carbonyl (C=O) groups is 1. The van der Waals surface area contributed by atoms with Crippen LogP contribution in [0.15, 0.2) is 36.5 Å². The van der Waals surface area contributed by atoms with Crippen molar-refractivity contribution in [2.75, 3.05) is 7.11 Å². The Morgan fingerprint density at radius 2 is 2.14 bits per heavy atom. The van der Waals surface area contributed by atoms with Crippen molar-refractivity contribution >= 4 is 5.91 Å². The van der Waals surface area contributed by atoms with Crippen LogP contribution < -0.4 is 15.8 Å². The van der Waals surface area contributed by atoms with Crippen LogP contribution in [0.4, 0.5) is 4.39 Å². The highest BCUT2D eigenvalue weighted by molar-refractivity contribution is 5.92. The Balaban J connectivity index is 1.99. The number of hydrogen-bond acceptors (Lipinski definition) is 4. The van der Waals surface area contributed by atoms with Gasteiger partial charge >= 0.3 is 0 Å². The van der Waals surface area contributed by atoms with Gasteiger partial charge in [0.05, 0.1) is 7.11 Å². The zero-order valence-electron chi connectivity index (χ0n) is 11.6. The van der Waals surface area contributed by atoms with Crippen molar-refractivity contribution in [3.63, 3.8) is 0 Å². The van der Waals surface area contributed by atoms with Gasteiger partial charge in [0.25, 0.3) is 0 Å². The summed E-state index contributed by atoms with van der Waals surface area (Å²) in [7, 11) is 1.55. The fraction of sp³-hybridized carbons (Fsp3) is 0.200. The third-order valence-electron chi connectivity index (χ3n) is 2.98. The molecule has 0 radical (unpaired) electrons. The number of aromatic nitrogens is 1. The Kier molecular flexibility index (Phi) is 4.84. The van der Waals surface area contributed by atoms with Gasteiger partial charge in [-0.2, -0.15) is 0 Å². The van der Waals surface area contributed by atoms with E-state index in [4.69, 9.17) is 10.5 Å². The zero-order chi connectivity index (χ0) is 15.2. The molecule has 6 heteroatoms. The van der Waals surface area contributed by atoms with E-state index in [0.29, 0.717) is 23.6 Å². The van der Waals surface area contributed by atoms with E-state index in [0.717, 1.165) is 5.56 Å². The number of pyridine rings is 1. The molecule has 0 aliphatic heterocycles. The molecule has 21 heavy (non-hydrogen) atoms. The Labute approximate surface area is 121 Å².